The third-order valence-corrected chi connectivity index (χ3v) is 5.44. The Kier molecular flexibility index (Phi) is 5.89. The summed E-state index contributed by atoms with van der Waals surface area (Å²) in [6, 6.07) is 16.1. The first kappa shape index (κ1) is 19.1. The molecule has 1 amide bonds. The van der Waals surface area contributed by atoms with E-state index < -0.39 is 5.41 Å². The highest BCUT2D eigenvalue weighted by Crippen LogP contribution is 2.37. The summed E-state index contributed by atoms with van der Waals surface area (Å²) in [5.74, 6) is -0.547. The van der Waals surface area contributed by atoms with Crippen molar-refractivity contribution in [3.05, 3.63) is 71.5 Å². The molecule has 142 valence electrons. The minimum absolute atomic E-state index is 0.00946. The molecular formula is C22H24FNO3. The number of rotatable bonds is 5. The lowest BCUT2D eigenvalue weighted by atomic mass is 9.72. The van der Waals surface area contributed by atoms with Gasteiger partial charge in [-0.05, 0) is 36.5 Å². The average molecular weight is 369 g/mol. The highest BCUT2D eigenvalue weighted by atomic mass is 19.1. The van der Waals surface area contributed by atoms with Crippen molar-refractivity contribution < 1.29 is 18.7 Å². The highest BCUT2D eigenvalue weighted by molar-refractivity contribution is 5.84. The van der Waals surface area contributed by atoms with Crippen molar-refractivity contribution in [1.29, 1.82) is 0 Å². The van der Waals surface area contributed by atoms with E-state index >= 15 is 0 Å². The fourth-order valence-corrected chi connectivity index (χ4v) is 3.80. The van der Waals surface area contributed by atoms with E-state index in [0.717, 1.165) is 5.56 Å². The molecule has 0 radical (unpaired) electrons. The van der Waals surface area contributed by atoms with Gasteiger partial charge in [0.2, 0.25) is 5.91 Å². The minimum atomic E-state index is -0.710. The molecule has 1 aliphatic rings. The van der Waals surface area contributed by atoms with E-state index in [1.165, 1.54) is 13.2 Å². The molecular weight excluding hydrogens is 345 g/mol. The molecule has 0 saturated carbocycles. The largest absolute Gasteiger partial charge is 0.468 e. The molecule has 2 aromatic rings. The monoisotopic (exact) mass is 369 g/mol. The highest BCUT2D eigenvalue weighted by Gasteiger charge is 2.44. The second-order valence-electron chi connectivity index (χ2n) is 6.91. The van der Waals surface area contributed by atoms with Gasteiger partial charge in [0.15, 0.2) is 0 Å². The van der Waals surface area contributed by atoms with Gasteiger partial charge in [0, 0.05) is 19.5 Å². The Morgan fingerprint density at radius 3 is 2.30 bits per heavy atom. The molecule has 0 unspecified atom stereocenters. The van der Waals surface area contributed by atoms with Gasteiger partial charge < -0.3 is 9.64 Å². The van der Waals surface area contributed by atoms with Crippen molar-refractivity contribution >= 4 is 11.9 Å². The van der Waals surface area contributed by atoms with E-state index in [0.29, 0.717) is 37.9 Å². The molecule has 5 heteroatoms. The van der Waals surface area contributed by atoms with Crippen LogP contribution in [0.5, 0.6) is 0 Å². The predicted molar refractivity (Wildman–Crippen MR) is 101 cm³/mol. The average Bonchev–Trinajstić information content (AvgIpc) is 2.73. The molecule has 0 aliphatic carbocycles. The maximum atomic E-state index is 13.7. The number of carbonyl (C=O) groups excluding carboxylic acids is 2. The second kappa shape index (κ2) is 8.33. The Labute approximate surface area is 158 Å². The zero-order chi connectivity index (χ0) is 19.3. The van der Waals surface area contributed by atoms with Gasteiger partial charge in [-0.2, -0.15) is 0 Å². The molecule has 1 fully saturated rings. The van der Waals surface area contributed by atoms with Crippen molar-refractivity contribution in [2.45, 2.75) is 31.1 Å². The second-order valence-corrected chi connectivity index (χ2v) is 6.91. The number of carbonyl (C=O) groups is 2. The van der Waals surface area contributed by atoms with Crippen molar-refractivity contribution in [3.63, 3.8) is 0 Å². The van der Waals surface area contributed by atoms with Crippen molar-refractivity contribution in [2.75, 3.05) is 20.2 Å². The number of nitrogens with zero attached hydrogens (tertiary/aromatic N) is 1. The van der Waals surface area contributed by atoms with Gasteiger partial charge in [0.25, 0.3) is 0 Å². The Morgan fingerprint density at radius 1 is 1.04 bits per heavy atom. The van der Waals surface area contributed by atoms with Gasteiger partial charge in [-0.15, -0.1) is 0 Å². The summed E-state index contributed by atoms with van der Waals surface area (Å²) in [7, 11) is 1.40. The Bertz CT molecular complexity index is 798. The van der Waals surface area contributed by atoms with Crippen molar-refractivity contribution in [3.8, 4) is 0 Å². The predicted octanol–water partition coefficient (Wildman–Crippen LogP) is 3.49. The first-order valence-corrected chi connectivity index (χ1v) is 9.22. The van der Waals surface area contributed by atoms with Crippen molar-refractivity contribution in [1.82, 2.24) is 4.90 Å². The van der Waals surface area contributed by atoms with Crippen molar-refractivity contribution in [2.24, 2.45) is 0 Å². The van der Waals surface area contributed by atoms with Crippen LogP contribution in [0.4, 0.5) is 4.39 Å². The number of likely N-dealkylation sites (tertiary alicyclic amines) is 1. The standard InChI is InChI=1S/C22H24FNO3/c1-27-21(26)22(18-8-3-2-4-9-18)13-15-24(16-14-22)20(25)12-11-17-7-5-6-10-19(17)23/h2-10H,11-16H2,1H3. The molecule has 1 aliphatic heterocycles. The zero-order valence-electron chi connectivity index (χ0n) is 15.5. The van der Waals surface area contributed by atoms with E-state index in [4.69, 9.17) is 4.74 Å². The fourth-order valence-electron chi connectivity index (χ4n) is 3.80. The van der Waals surface area contributed by atoms with E-state index in [-0.39, 0.29) is 24.1 Å². The number of amides is 1. The molecule has 27 heavy (non-hydrogen) atoms. The van der Waals surface area contributed by atoms with E-state index in [1.54, 1.807) is 23.1 Å². The molecule has 0 atom stereocenters. The lowest BCUT2D eigenvalue weighted by Crippen LogP contribution is -2.49. The summed E-state index contributed by atoms with van der Waals surface area (Å²) in [4.78, 5) is 26.9. The summed E-state index contributed by atoms with van der Waals surface area (Å²) >= 11 is 0. The zero-order valence-corrected chi connectivity index (χ0v) is 15.5. The quantitative estimate of drug-likeness (QED) is 0.758. The number of esters is 1. The van der Waals surface area contributed by atoms with Crippen LogP contribution in [0.3, 0.4) is 0 Å². The van der Waals surface area contributed by atoms with Gasteiger partial charge in [0.05, 0.1) is 12.5 Å². The molecule has 1 saturated heterocycles. The van der Waals surface area contributed by atoms with Crippen LogP contribution in [0.2, 0.25) is 0 Å². The van der Waals surface area contributed by atoms with E-state index in [9.17, 15) is 14.0 Å². The molecule has 1 heterocycles. The first-order chi connectivity index (χ1) is 13.1. The molecule has 0 bridgehead atoms. The van der Waals surface area contributed by atoms with Crippen LogP contribution in [0.1, 0.15) is 30.4 Å². The van der Waals surface area contributed by atoms with E-state index in [1.807, 2.05) is 30.3 Å². The van der Waals surface area contributed by atoms with Crippen LogP contribution in [0.15, 0.2) is 54.6 Å². The third kappa shape index (κ3) is 4.02. The summed E-state index contributed by atoms with van der Waals surface area (Å²) in [5.41, 5.74) is 0.768. The number of halogens is 1. The number of ether oxygens (including phenoxy) is 1. The lowest BCUT2D eigenvalue weighted by molar-refractivity contribution is -0.151. The first-order valence-electron chi connectivity index (χ1n) is 9.22. The topological polar surface area (TPSA) is 46.6 Å². The molecule has 2 aromatic carbocycles. The number of methoxy groups -OCH3 is 1. The minimum Gasteiger partial charge on any atom is -0.468 e. The third-order valence-electron chi connectivity index (χ3n) is 5.44. The van der Waals surface area contributed by atoms with Crippen LogP contribution in [0, 0.1) is 5.82 Å². The van der Waals surface area contributed by atoms with Crippen LogP contribution < -0.4 is 0 Å². The number of hydrogen-bond donors (Lipinski definition) is 0. The maximum absolute atomic E-state index is 13.7. The van der Waals surface area contributed by atoms with Gasteiger partial charge >= 0.3 is 5.97 Å². The maximum Gasteiger partial charge on any atom is 0.316 e. The van der Waals surface area contributed by atoms with Crippen LogP contribution in [-0.2, 0) is 26.2 Å². The summed E-state index contributed by atoms with van der Waals surface area (Å²) < 4.78 is 18.8. The van der Waals surface area contributed by atoms with Crippen LogP contribution in [0.25, 0.3) is 0 Å². The Morgan fingerprint density at radius 2 is 1.67 bits per heavy atom. The van der Waals surface area contributed by atoms with Gasteiger partial charge in [-0.3, -0.25) is 9.59 Å². The van der Waals surface area contributed by atoms with Crippen LogP contribution >= 0.6 is 0 Å². The smallest absolute Gasteiger partial charge is 0.316 e. The molecule has 4 nitrogen and oxygen atoms in total. The normalized spacial score (nSPS) is 16.0. The number of piperidine rings is 1. The van der Waals surface area contributed by atoms with Gasteiger partial charge in [-0.25, -0.2) is 4.39 Å². The fraction of sp³-hybridized carbons (Fsp3) is 0.364. The molecule has 0 N–H and O–H groups in total. The molecule has 3 rings (SSSR count). The molecule has 0 aromatic heterocycles. The SMILES string of the molecule is COC(=O)C1(c2ccccc2)CCN(C(=O)CCc2ccccc2F)CC1. The summed E-state index contributed by atoms with van der Waals surface area (Å²) in [6.45, 7) is 0.972. The van der Waals surface area contributed by atoms with Crippen LogP contribution in [-0.4, -0.2) is 37.0 Å². The number of hydrogen-bond acceptors (Lipinski definition) is 3. The summed E-state index contributed by atoms with van der Waals surface area (Å²) in [6.07, 6.45) is 1.69. The van der Waals surface area contributed by atoms with Gasteiger partial charge in [0.1, 0.15) is 5.82 Å². The molecule has 0 spiro atoms. The number of aryl methyl sites for hydroxylation is 1. The van der Waals surface area contributed by atoms with Gasteiger partial charge in [-0.1, -0.05) is 48.5 Å². The van der Waals surface area contributed by atoms with E-state index in [2.05, 4.69) is 0 Å². The number of benzene rings is 2. The Hall–Kier alpha value is -2.69. The Balaban J connectivity index is 1.65. The lowest BCUT2D eigenvalue weighted by Gasteiger charge is -2.40. The summed E-state index contributed by atoms with van der Waals surface area (Å²) in [5, 5.41) is 0.